The smallest absolute Gasteiger partial charge is 0.305 e. The molecule has 1 rings (SSSR count). The number of hydrogen-bond donors (Lipinski definition) is 2. The molecule has 2 N–H and O–H groups in total. The van der Waals surface area contributed by atoms with E-state index in [4.69, 9.17) is 9.47 Å². The molecule has 5 atom stereocenters. The minimum Gasteiger partial charge on any atom is -0.466 e. The second-order valence-electron chi connectivity index (χ2n) is 8.17. The molecule has 0 aromatic heterocycles. The normalized spacial score (nSPS) is 24.0. The van der Waals surface area contributed by atoms with Gasteiger partial charge in [0.25, 0.3) is 0 Å². The number of carbonyl (C=O) groups is 2. The van der Waals surface area contributed by atoms with E-state index in [0.29, 0.717) is 25.9 Å². The number of Topliss-reactive ketones (excluding diaryl/α,β-unsaturated/α-hetero) is 1. The molecule has 0 heterocycles. The Morgan fingerprint density at radius 2 is 2.03 bits per heavy atom. The van der Waals surface area contributed by atoms with E-state index < -0.39 is 12.2 Å². The van der Waals surface area contributed by atoms with Gasteiger partial charge in [0, 0.05) is 38.4 Å². The van der Waals surface area contributed by atoms with Gasteiger partial charge in [0.1, 0.15) is 5.78 Å². The zero-order chi connectivity index (χ0) is 22.4. The fraction of sp³-hybridized carbons (Fsp3) is 0.750. The summed E-state index contributed by atoms with van der Waals surface area (Å²) in [7, 11) is 1.68. The minimum atomic E-state index is -0.694. The lowest BCUT2D eigenvalue weighted by atomic mass is 9.89. The molecule has 0 amide bonds. The third-order valence-electron chi connectivity index (χ3n) is 5.72. The molecule has 1 saturated carbocycles. The van der Waals surface area contributed by atoms with Crippen molar-refractivity contribution in [1.82, 2.24) is 0 Å². The lowest BCUT2D eigenvalue weighted by Crippen LogP contribution is -2.20. The van der Waals surface area contributed by atoms with Gasteiger partial charge in [-0.25, -0.2) is 0 Å². The largest absolute Gasteiger partial charge is 0.466 e. The van der Waals surface area contributed by atoms with E-state index in [1.165, 1.54) is 0 Å². The second kappa shape index (κ2) is 15.3. The summed E-state index contributed by atoms with van der Waals surface area (Å²) in [6.45, 7) is 4.93. The third-order valence-corrected chi connectivity index (χ3v) is 5.72. The van der Waals surface area contributed by atoms with Crippen LogP contribution in [0.4, 0.5) is 0 Å². The summed E-state index contributed by atoms with van der Waals surface area (Å²) in [5, 5.41) is 20.7. The molecule has 172 valence electrons. The number of carbonyl (C=O) groups excluding carboxylic acids is 2. The molecular weight excluding hydrogens is 384 g/mol. The molecule has 0 saturated heterocycles. The van der Waals surface area contributed by atoms with Gasteiger partial charge < -0.3 is 19.7 Å². The molecule has 1 aliphatic rings. The molecule has 6 heteroatoms. The lowest BCUT2D eigenvalue weighted by molar-refractivity contribution is -0.143. The molecule has 0 aliphatic heterocycles. The van der Waals surface area contributed by atoms with Gasteiger partial charge in [0.2, 0.25) is 0 Å². The van der Waals surface area contributed by atoms with Gasteiger partial charge in [0.15, 0.2) is 0 Å². The Morgan fingerprint density at radius 1 is 1.27 bits per heavy atom. The van der Waals surface area contributed by atoms with Crippen LogP contribution in [0.15, 0.2) is 24.3 Å². The third kappa shape index (κ3) is 10.0. The van der Waals surface area contributed by atoms with Crippen molar-refractivity contribution in [2.45, 2.75) is 77.4 Å². The van der Waals surface area contributed by atoms with Crippen LogP contribution in [-0.2, 0) is 19.1 Å². The van der Waals surface area contributed by atoms with E-state index in [0.717, 1.165) is 32.3 Å². The standard InChI is InChI=1S/C24H40O6/c1-4-30-24(28)13-8-6-5-7-12-19-20(23(27)17-22(19)26)14-15-21(25)18(2)11-9-10-16-29-3/h5,7,14-15,18-21,23,25,27H,4,6,8-13,16-17H2,1-3H3/b7-5-,15-14+/t18?,19-,20-,21?,23-/m1/s1. The van der Waals surface area contributed by atoms with Crippen LogP contribution in [0.25, 0.3) is 0 Å². The zero-order valence-electron chi connectivity index (χ0n) is 18.8. The number of hydrogen-bond acceptors (Lipinski definition) is 6. The Morgan fingerprint density at radius 3 is 2.73 bits per heavy atom. The van der Waals surface area contributed by atoms with E-state index >= 15 is 0 Å². The number of esters is 1. The first-order valence-corrected chi connectivity index (χ1v) is 11.3. The predicted molar refractivity (Wildman–Crippen MR) is 117 cm³/mol. The van der Waals surface area contributed by atoms with E-state index in [9.17, 15) is 19.8 Å². The first-order chi connectivity index (χ1) is 14.4. The van der Waals surface area contributed by atoms with Crippen LogP contribution in [0.1, 0.15) is 65.2 Å². The molecular formula is C24H40O6. The monoisotopic (exact) mass is 424 g/mol. The molecule has 1 fully saturated rings. The number of aliphatic hydroxyl groups is 2. The quantitative estimate of drug-likeness (QED) is 0.237. The Labute approximate surface area is 181 Å². The Balaban J connectivity index is 2.47. The maximum absolute atomic E-state index is 12.3. The van der Waals surface area contributed by atoms with Crippen LogP contribution in [0, 0.1) is 17.8 Å². The molecule has 0 radical (unpaired) electrons. The fourth-order valence-corrected chi connectivity index (χ4v) is 3.80. The number of rotatable bonds is 15. The summed E-state index contributed by atoms with van der Waals surface area (Å²) >= 11 is 0. The number of aliphatic hydroxyl groups excluding tert-OH is 2. The van der Waals surface area contributed by atoms with Crippen molar-refractivity contribution in [3.05, 3.63) is 24.3 Å². The molecule has 0 aromatic rings. The van der Waals surface area contributed by atoms with Crippen molar-refractivity contribution in [2.75, 3.05) is 20.3 Å². The van der Waals surface area contributed by atoms with Gasteiger partial charge >= 0.3 is 5.97 Å². The highest BCUT2D eigenvalue weighted by atomic mass is 16.5. The van der Waals surface area contributed by atoms with Gasteiger partial charge in [-0.15, -0.1) is 0 Å². The van der Waals surface area contributed by atoms with E-state index in [1.54, 1.807) is 20.1 Å². The summed E-state index contributed by atoms with van der Waals surface area (Å²) in [6, 6.07) is 0. The molecule has 0 bridgehead atoms. The average molecular weight is 425 g/mol. The Hall–Kier alpha value is -1.50. The van der Waals surface area contributed by atoms with E-state index in [-0.39, 0.29) is 35.9 Å². The predicted octanol–water partition coefficient (Wildman–Crippen LogP) is 3.60. The van der Waals surface area contributed by atoms with Crippen LogP contribution >= 0.6 is 0 Å². The van der Waals surface area contributed by atoms with Crippen molar-refractivity contribution in [3.8, 4) is 0 Å². The van der Waals surface area contributed by atoms with Crippen molar-refractivity contribution >= 4 is 11.8 Å². The van der Waals surface area contributed by atoms with Crippen LogP contribution in [0.3, 0.4) is 0 Å². The van der Waals surface area contributed by atoms with Crippen LogP contribution < -0.4 is 0 Å². The number of unbranched alkanes of at least 4 members (excludes halogenated alkanes) is 2. The zero-order valence-corrected chi connectivity index (χ0v) is 18.8. The molecule has 6 nitrogen and oxygen atoms in total. The van der Waals surface area contributed by atoms with Crippen molar-refractivity contribution in [2.24, 2.45) is 17.8 Å². The van der Waals surface area contributed by atoms with E-state index in [1.807, 2.05) is 25.2 Å². The van der Waals surface area contributed by atoms with Crippen molar-refractivity contribution in [1.29, 1.82) is 0 Å². The number of ether oxygens (including phenoxy) is 2. The molecule has 0 spiro atoms. The highest BCUT2D eigenvalue weighted by Crippen LogP contribution is 2.33. The molecule has 2 unspecified atom stereocenters. The first kappa shape index (κ1) is 26.5. The van der Waals surface area contributed by atoms with Crippen molar-refractivity contribution in [3.63, 3.8) is 0 Å². The fourth-order valence-electron chi connectivity index (χ4n) is 3.80. The van der Waals surface area contributed by atoms with E-state index in [2.05, 4.69) is 0 Å². The van der Waals surface area contributed by atoms with Crippen molar-refractivity contribution < 1.29 is 29.3 Å². The summed E-state index contributed by atoms with van der Waals surface area (Å²) in [6.07, 6.45) is 11.7. The Bertz CT molecular complexity index is 556. The van der Waals surface area contributed by atoms with Gasteiger partial charge in [-0.3, -0.25) is 9.59 Å². The van der Waals surface area contributed by atoms with Crippen LogP contribution in [0.5, 0.6) is 0 Å². The SMILES string of the molecule is CCOC(=O)CCC/C=C\C[C@H]1C(=O)C[C@@H](O)[C@@H]1/C=C/C(O)C(C)CCCCOC. The average Bonchev–Trinajstić information content (AvgIpc) is 2.98. The highest BCUT2D eigenvalue weighted by Gasteiger charge is 2.39. The number of methoxy groups -OCH3 is 1. The molecule has 1 aliphatic carbocycles. The Kier molecular flexibility index (Phi) is 13.6. The summed E-state index contributed by atoms with van der Waals surface area (Å²) < 4.78 is 9.94. The van der Waals surface area contributed by atoms with Gasteiger partial charge in [-0.05, 0) is 44.9 Å². The topological polar surface area (TPSA) is 93.1 Å². The van der Waals surface area contributed by atoms with Crippen LogP contribution in [0.2, 0.25) is 0 Å². The van der Waals surface area contributed by atoms with Gasteiger partial charge in [-0.1, -0.05) is 37.6 Å². The van der Waals surface area contributed by atoms with Gasteiger partial charge in [0.05, 0.1) is 18.8 Å². The second-order valence-corrected chi connectivity index (χ2v) is 8.17. The van der Waals surface area contributed by atoms with Crippen LogP contribution in [-0.4, -0.2) is 54.5 Å². The molecule has 30 heavy (non-hydrogen) atoms. The first-order valence-electron chi connectivity index (χ1n) is 11.3. The summed E-state index contributed by atoms with van der Waals surface area (Å²) in [5.74, 6) is -0.531. The summed E-state index contributed by atoms with van der Waals surface area (Å²) in [4.78, 5) is 23.6. The summed E-state index contributed by atoms with van der Waals surface area (Å²) in [5.41, 5.74) is 0. The highest BCUT2D eigenvalue weighted by molar-refractivity contribution is 5.84. The minimum absolute atomic E-state index is 0.0652. The molecule has 0 aromatic carbocycles. The van der Waals surface area contributed by atoms with Gasteiger partial charge in [-0.2, -0.15) is 0 Å². The maximum atomic E-state index is 12.3. The number of ketones is 1. The maximum Gasteiger partial charge on any atom is 0.305 e. The number of allylic oxidation sites excluding steroid dienone is 2. The lowest BCUT2D eigenvalue weighted by Gasteiger charge is -2.19.